The molecule has 0 aromatic heterocycles. The van der Waals surface area contributed by atoms with Crippen molar-refractivity contribution in [3.8, 4) is 17.6 Å². The summed E-state index contributed by atoms with van der Waals surface area (Å²) >= 11 is 5.52. The van der Waals surface area contributed by atoms with Crippen LogP contribution in [0.4, 0.5) is 13.2 Å². The Bertz CT molecular complexity index is 547. The zero-order chi connectivity index (χ0) is 15.9. The average molecular weight is 320 g/mol. The van der Waals surface area contributed by atoms with Crippen LogP contribution in [0.15, 0.2) is 24.3 Å². The van der Waals surface area contributed by atoms with E-state index in [0.29, 0.717) is 0 Å². The van der Waals surface area contributed by atoms with Crippen molar-refractivity contribution in [1.29, 1.82) is 0 Å². The number of nitrogens with one attached hydrogen (secondary N) is 1. The molecule has 3 nitrogen and oxygen atoms in total. The maximum absolute atomic E-state index is 12.5. The molecule has 1 atom stereocenters. The summed E-state index contributed by atoms with van der Waals surface area (Å²) in [5.41, 5.74) is -0.781. The summed E-state index contributed by atoms with van der Waals surface area (Å²) in [6, 6.07) is 4.53. The van der Waals surface area contributed by atoms with Crippen LogP contribution in [0, 0.1) is 11.8 Å². The van der Waals surface area contributed by atoms with Crippen molar-refractivity contribution in [1.82, 2.24) is 5.32 Å². The predicted molar refractivity (Wildman–Crippen MR) is 73.0 cm³/mol. The van der Waals surface area contributed by atoms with Crippen LogP contribution in [0.5, 0.6) is 5.75 Å². The summed E-state index contributed by atoms with van der Waals surface area (Å²) < 4.78 is 42.5. The van der Waals surface area contributed by atoms with Crippen molar-refractivity contribution in [2.75, 3.05) is 13.2 Å². The predicted octanol–water partition coefficient (Wildman–Crippen LogP) is 2.83. The van der Waals surface area contributed by atoms with Gasteiger partial charge >= 0.3 is 6.18 Å². The summed E-state index contributed by atoms with van der Waals surface area (Å²) in [6.07, 6.45) is -4.41. The Labute approximate surface area is 125 Å². The van der Waals surface area contributed by atoms with Gasteiger partial charge in [0.25, 0.3) is 0 Å². The zero-order valence-electron chi connectivity index (χ0n) is 11.1. The third-order valence-electron chi connectivity index (χ3n) is 2.31. The van der Waals surface area contributed by atoms with Gasteiger partial charge in [0.2, 0.25) is 5.91 Å². The van der Waals surface area contributed by atoms with E-state index in [2.05, 4.69) is 17.2 Å². The molecule has 114 valence electrons. The zero-order valence-corrected chi connectivity index (χ0v) is 11.9. The molecule has 21 heavy (non-hydrogen) atoms. The highest BCUT2D eigenvalue weighted by Gasteiger charge is 2.30. The number of carbonyl (C=O) groups excluding carboxylic acids is 1. The first-order valence-corrected chi connectivity index (χ1v) is 6.42. The fourth-order valence-electron chi connectivity index (χ4n) is 1.27. The molecule has 0 heterocycles. The molecular weight excluding hydrogens is 307 g/mol. The number of alkyl halides is 4. The Hall–Kier alpha value is -1.87. The van der Waals surface area contributed by atoms with E-state index in [4.69, 9.17) is 16.3 Å². The molecule has 1 amide bonds. The van der Waals surface area contributed by atoms with Gasteiger partial charge in [-0.15, -0.1) is 11.6 Å². The van der Waals surface area contributed by atoms with Gasteiger partial charge in [0, 0.05) is 0 Å². The number of halogens is 4. The van der Waals surface area contributed by atoms with Crippen molar-refractivity contribution >= 4 is 17.5 Å². The number of amides is 1. The first kappa shape index (κ1) is 17.2. The summed E-state index contributed by atoms with van der Waals surface area (Å²) in [5, 5.41) is 1.82. The quantitative estimate of drug-likeness (QED) is 0.684. The van der Waals surface area contributed by atoms with E-state index < -0.39 is 17.1 Å². The van der Waals surface area contributed by atoms with Crippen LogP contribution in [0.25, 0.3) is 0 Å². The van der Waals surface area contributed by atoms with Gasteiger partial charge < -0.3 is 10.1 Å². The molecule has 0 fully saturated rings. The lowest BCUT2D eigenvalue weighted by Gasteiger charge is -2.08. The van der Waals surface area contributed by atoms with Gasteiger partial charge in [-0.25, -0.2) is 0 Å². The second-order valence-corrected chi connectivity index (χ2v) is 4.66. The second-order valence-electron chi connectivity index (χ2n) is 4.00. The normalized spacial score (nSPS) is 12.0. The Morgan fingerprint density at radius 1 is 1.43 bits per heavy atom. The number of ether oxygens (including phenoxy) is 1. The van der Waals surface area contributed by atoms with E-state index in [9.17, 15) is 18.0 Å². The highest BCUT2D eigenvalue weighted by atomic mass is 35.5. The van der Waals surface area contributed by atoms with Crippen molar-refractivity contribution in [3.05, 3.63) is 29.8 Å². The summed E-state index contributed by atoms with van der Waals surface area (Å²) in [5.74, 6) is 4.91. The number of rotatable bonds is 4. The monoisotopic (exact) mass is 319 g/mol. The molecule has 0 saturated heterocycles. The molecule has 1 unspecified atom stereocenters. The molecule has 1 aromatic rings. The molecule has 0 spiro atoms. The minimum Gasteiger partial charge on any atom is -0.481 e. The smallest absolute Gasteiger partial charge is 0.416 e. The number of benzene rings is 1. The summed E-state index contributed by atoms with van der Waals surface area (Å²) in [4.78, 5) is 11.1. The maximum Gasteiger partial charge on any atom is 0.416 e. The van der Waals surface area contributed by atoms with Crippen LogP contribution >= 0.6 is 11.6 Å². The van der Waals surface area contributed by atoms with Gasteiger partial charge in [-0.2, -0.15) is 13.2 Å². The maximum atomic E-state index is 12.5. The van der Waals surface area contributed by atoms with E-state index in [1.54, 1.807) is 0 Å². The van der Waals surface area contributed by atoms with E-state index in [-0.39, 0.29) is 24.8 Å². The standard InChI is InChI=1S/C14H13ClF3NO2/c1-10(15)13(20)19-7-2-3-8-21-12-6-4-5-11(9-12)14(16,17)18/h4-6,9-10H,7-8H2,1H3,(H,19,20). The number of carbonyl (C=O) groups is 1. The van der Waals surface area contributed by atoms with Gasteiger partial charge in [-0.3, -0.25) is 4.79 Å². The molecule has 0 bridgehead atoms. The highest BCUT2D eigenvalue weighted by molar-refractivity contribution is 6.30. The van der Waals surface area contributed by atoms with Crippen LogP contribution in [0.2, 0.25) is 0 Å². The molecule has 0 aliphatic carbocycles. The molecule has 0 aliphatic heterocycles. The first-order chi connectivity index (χ1) is 9.80. The van der Waals surface area contributed by atoms with Crippen LogP contribution in [-0.4, -0.2) is 24.4 Å². The topological polar surface area (TPSA) is 38.3 Å². The van der Waals surface area contributed by atoms with E-state index >= 15 is 0 Å². The fourth-order valence-corrected chi connectivity index (χ4v) is 1.34. The number of hydrogen-bond donors (Lipinski definition) is 1. The summed E-state index contributed by atoms with van der Waals surface area (Å²) in [7, 11) is 0. The van der Waals surface area contributed by atoms with E-state index in [1.807, 2.05) is 0 Å². The second kappa shape index (κ2) is 7.79. The van der Waals surface area contributed by atoms with E-state index in [0.717, 1.165) is 12.1 Å². The van der Waals surface area contributed by atoms with Crippen molar-refractivity contribution in [2.45, 2.75) is 18.5 Å². The Morgan fingerprint density at radius 3 is 2.76 bits per heavy atom. The summed E-state index contributed by atoms with van der Waals surface area (Å²) in [6.45, 7) is 1.55. The van der Waals surface area contributed by atoms with Gasteiger partial charge in [0.05, 0.1) is 12.1 Å². The van der Waals surface area contributed by atoms with Crippen LogP contribution in [0.3, 0.4) is 0 Å². The Balaban J connectivity index is 2.42. The van der Waals surface area contributed by atoms with Crippen molar-refractivity contribution < 1.29 is 22.7 Å². The van der Waals surface area contributed by atoms with Crippen LogP contribution < -0.4 is 10.1 Å². The van der Waals surface area contributed by atoms with Gasteiger partial charge in [-0.05, 0) is 25.1 Å². The van der Waals surface area contributed by atoms with Gasteiger partial charge in [0.15, 0.2) is 0 Å². The molecule has 1 N–H and O–H groups in total. The third-order valence-corrected chi connectivity index (χ3v) is 2.51. The van der Waals surface area contributed by atoms with E-state index in [1.165, 1.54) is 19.1 Å². The minimum absolute atomic E-state index is 0.0758. The molecule has 7 heteroatoms. The molecular formula is C14H13ClF3NO2. The van der Waals surface area contributed by atoms with Crippen molar-refractivity contribution in [3.63, 3.8) is 0 Å². The fraction of sp³-hybridized carbons (Fsp3) is 0.357. The lowest BCUT2D eigenvalue weighted by Crippen LogP contribution is -2.29. The molecule has 1 aromatic carbocycles. The molecule has 0 aliphatic rings. The lowest BCUT2D eigenvalue weighted by molar-refractivity contribution is -0.137. The van der Waals surface area contributed by atoms with Crippen LogP contribution in [0.1, 0.15) is 12.5 Å². The molecule has 1 rings (SSSR count). The van der Waals surface area contributed by atoms with Crippen molar-refractivity contribution in [2.24, 2.45) is 0 Å². The Morgan fingerprint density at radius 2 is 2.14 bits per heavy atom. The molecule has 0 saturated carbocycles. The van der Waals surface area contributed by atoms with Crippen LogP contribution in [-0.2, 0) is 11.0 Å². The largest absolute Gasteiger partial charge is 0.481 e. The Kier molecular flexibility index (Phi) is 6.38. The highest BCUT2D eigenvalue weighted by Crippen LogP contribution is 2.31. The first-order valence-electron chi connectivity index (χ1n) is 5.98. The lowest BCUT2D eigenvalue weighted by atomic mass is 10.2. The minimum atomic E-state index is -4.41. The molecule has 0 radical (unpaired) electrons. The average Bonchev–Trinajstić information content (AvgIpc) is 2.41. The number of hydrogen-bond acceptors (Lipinski definition) is 2. The SMILES string of the molecule is CC(Cl)C(=O)NCC#CCOc1cccc(C(F)(F)F)c1. The third kappa shape index (κ3) is 6.41. The van der Waals surface area contributed by atoms with Gasteiger partial charge in [-0.1, -0.05) is 17.9 Å². The van der Waals surface area contributed by atoms with Gasteiger partial charge in [0.1, 0.15) is 17.7 Å².